The number of hydrogen-bond acceptors (Lipinski definition) is 2. The van der Waals surface area contributed by atoms with Crippen LogP contribution in [0.4, 0.5) is 4.79 Å². The molecule has 1 aliphatic heterocycles. The van der Waals surface area contributed by atoms with Crippen LogP contribution in [0.25, 0.3) is 0 Å². The normalized spacial score (nSPS) is 15.2. The van der Waals surface area contributed by atoms with Crippen LogP contribution in [0.2, 0.25) is 0 Å². The monoisotopic (exact) mass is 345 g/mol. The maximum Gasteiger partial charge on any atom is 0.317 e. The van der Waals surface area contributed by atoms with Gasteiger partial charge in [0.05, 0.1) is 0 Å². The Balaban J connectivity index is 1.93. The van der Waals surface area contributed by atoms with Gasteiger partial charge in [-0.15, -0.1) is 0 Å². The lowest BCUT2D eigenvalue weighted by atomic mass is 10.0. The summed E-state index contributed by atoms with van der Waals surface area (Å²) in [4.78, 5) is 28.5. The Morgan fingerprint density at radius 3 is 2.32 bits per heavy atom. The Kier molecular flexibility index (Phi) is 7.29. The number of nitrogens with zero attached hydrogens (tertiary/aromatic N) is 2. The van der Waals surface area contributed by atoms with Crippen molar-refractivity contribution in [2.75, 3.05) is 32.7 Å². The molecule has 5 nitrogen and oxygen atoms in total. The van der Waals surface area contributed by atoms with E-state index < -0.39 is 0 Å². The van der Waals surface area contributed by atoms with E-state index in [1.165, 1.54) is 5.56 Å². The van der Waals surface area contributed by atoms with Gasteiger partial charge in [0, 0.05) is 38.3 Å². The molecule has 1 aliphatic rings. The first-order valence-corrected chi connectivity index (χ1v) is 9.42. The van der Waals surface area contributed by atoms with Crippen LogP contribution in [0.1, 0.15) is 49.5 Å². The summed E-state index contributed by atoms with van der Waals surface area (Å²) in [5, 5.41) is 2.91. The van der Waals surface area contributed by atoms with Crippen LogP contribution in [-0.4, -0.2) is 54.5 Å². The van der Waals surface area contributed by atoms with E-state index in [9.17, 15) is 9.59 Å². The molecule has 0 bridgehead atoms. The molecule has 1 fully saturated rings. The number of benzene rings is 1. The maximum absolute atomic E-state index is 12.7. The standard InChI is InChI=1S/C20H31N3O2/c1-4-10-21-20(25)23-12-5-11-22(13-14-23)19(24)18-8-6-17(7-9-18)15-16(2)3/h6-9,16H,4-5,10-15H2,1-3H3,(H,21,25). The first-order chi connectivity index (χ1) is 12.0. The van der Waals surface area contributed by atoms with Gasteiger partial charge >= 0.3 is 6.03 Å². The number of hydrogen-bond donors (Lipinski definition) is 1. The fourth-order valence-electron chi connectivity index (χ4n) is 3.10. The number of carbonyl (C=O) groups is 2. The molecule has 25 heavy (non-hydrogen) atoms. The van der Waals surface area contributed by atoms with Gasteiger partial charge in [-0.25, -0.2) is 4.79 Å². The summed E-state index contributed by atoms with van der Waals surface area (Å²) in [5.41, 5.74) is 2.00. The highest BCUT2D eigenvalue weighted by Crippen LogP contribution is 2.13. The quantitative estimate of drug-likeness (QED) is 0.891. The largest absolute Gasteiger partial charge is 0.338 e. The molecule has 2 rings (SSSR count). The van der Waals surface area contributed by atoms with Gasteiger partial charge in [0.1, 0.15) is 0 Å². The van der Waals surface area contributed by atoms with Gasteiger partial charge in [-0.2, -0.15) is 0 Å². The molecule has 5 heteroatoms. The molecule has 0 atom stereocenters. The number of amides is 3. The Morgan fingerprint density at radius 1 is 1.04 bits per heavy atom. The molecular formula is C20H31N3O2. The highest BCUT2D eigenvalue weighted by molar-refractivity contribution is 5.94. The van der Waals surface area contributed by atoms with Gasteiger partial charge in [0.2, 0.25) is 0 Å². The predicted molar refractivity (Wildman–Crippen MR) is 101 cm³/mol. The highest BCUT2D eigenvalue weighted by atomic mass is 16.2. The molecule has 0 radical (unpaired) electrons. The maximum atomic E-state index is 12.7. The summed E-state index contributed by atoms with van der Waals surface area (Å²) in [7, 11) is 0. The van der Waals surface area contributed by atoms with Crippen LogP contribution >= 0.6 is 0 Å². The van der Waals surface area contributed by atoms with E-state index in [0.29, 0.717) is 38.6 Å². The number of rotatable bonds is 5. The van der Waals surface area contributed by atoms with E-state index in [4.69, 9.17) is 0 Å². The fraction of sp³-hybridized carbons (Fsp3) is 0.600. The predicted octanol–water partition coefficient (Wildman–Crippen LogP) is 3.15. The Morgan fingerprint density at radius 2 is 1.68 bits per heavy atom. The van der Waals surface area contributed by atoms with Gasteiger partial charge in [0.15, 0.2) is 0 Å². The second kappa shape index (κ2) is 9.44. The molecule has 1 saturated heterocycles. The van der Waals surface area contributed by atoms with Crippen LogP contribution in [0.15, 0.2) is 24.3 Å². The SMILES string of the molecule is CCCNC(=O)N1CCCN(C(=O)c2ccc(CC(C)C)cc2)CC1. The molecule has 0 saturated carbocycles. The molecule has 3 amide bonds. The minimum atomic E-state index is -0.0193. The average Bonchev–Trinajstić information content (AvgIpc) is 2.85. The molecule has 1 aromatic rings. The van der Waals surface area contributed by atoms with E-state index in [1.807, 2.05) is 28.9 Å². The Hall–Kier alpha value is -2.04. The van der Waals surface area contributed by atoms with Crippen LogP contribution in [-0.2, 0) is 6.42 Å². The third kappa shape index (κ3) is 5.76. The molecule has 0 unspecified atom stereocenters. The summed E-state index contributed by atoms with van der Waals surface area (Å²) in [6, 6.07) is 7.94. The lowest BCUT2D eigenvalue weighted by Crippen LogP contribution is -2.42. The summed E-state index contributed by atoms with van der Waals surface area (Å²) >= 11 is 0. The molecular weight excluding hydrogens is 314 g/mol. The number of carbonyl (C=O) groups excluding carboxylic acids is 2. The second-order valence-corrected chi connectivity index (χ2v) is 7.16. The third-order valence-corrected chi connectivity index (χ3v) is 4.44. The smallest absolute Gasteiger partial charge is 0.317 e. The van der Waals surface area contributed by atoms with Gasteiger partial charge in [-0.05, 0) is 42.9 Å². The van der Waals surface area contributed by atoms with Crippen LogP contribution in [0.3, 0.4) is 0 Å². The Labute approximate surface area is 151 Å². The molecule has 1 heterocycles. The minimum absolute atomic E-state index is 0.0193. The van der Waals surface area contributed by atoms with Gasteiger partial charge < -0.3 is 15.1 Å². The van der Waals surface area contributed by atoms with Gasteiger partial charge in [-0.3, -0.25) is 4.79 Å². The number of nitrogens with one attached hydrogen (secondary N) is 1. The van der Waals surface area contributed by atoms with Gasteiger partial charge in [0.25, 0.3) is 5.91 Å². The van der Waals surface area contributed by atoms with Crippen molar-refractivity contribution in [3.8, 4) is 0 Å². The number of urea groups is 1. The molecule has 1 aromatic carbocycles. The van der Waals surface area contributed by atoms with Crippen molar-refractivity contribution >= 4 is 11.9 Å². The molecule has 138 valence electrons. The van der Waals surface area contributed by atoms with Crippen molar-refractivity contribution in [1.82, 2.24) is 15.1 Å². The molecule has 0 aromatic heterocycles. The van der Waals surface area contributed by atoms with E-state index in [1.54, 1.807) is 0 Å². The third-order valence-electron chi connectivity index (χ3n) is 4.44. The lowest BCUT2D eigenvalue weighted by molar-refractivity contribution is 0.0762. The van der Waals surface area contributed by atoms with Crippen LogP contribution in [0, 0.1) is 5.92 Å². The van der Waals surface area contributed by atoms with E-state index in [-0.39, 0.29) is 11.9 Å². The van der Waals surface area contributed by atoms with Gasteiger partial charge in [-0.1, -0.05) is 32.9 Å². The minimum Gasteiger partial charge on any atom is -0.338 e. The van der Waals surface area contributed by atoms with Crippen molar-refractivity contribution in [2.45, 2.75) is 40.0 Å². The zero-order chi connectivity index (χ0) is 18.2. The summed E-state index contributed by atoms with van der Waals surface area (Å²) < 4.78 is 0. The Bertz CT molecular complexity index is 569. The van der Waals surface area contributed by atoms with E-state index >= 15 is 0 Å². The van der Waals surface area contributed by atoms with Crippen molar-refractivity contribution in [2.24, 2.45) is 5.92 Å². The van der Waals surface area contributed by atoms with Crippen molar-refractivity contribution in [1.29, 1.82) is 0 Å². The molecule has 0 spiro atoms. The summed E-state index contributed by atoms with van der Waals surface area (Å²) in [6.45, 7) is 9.70. The molecule has 1 N–H and O–H groups in total. The average molecular weight is 345 g/mol. The fourth-order valence-corrected chi connectivity index (χ4v) is 3.10. The highest BCUT2D eigenvalue weighted by Gasteiger charge is 2.22. The van der Waals surface area contributed by atoms with Crippen LogP contribution < -0.4 is 5.32 Å². The van der Waals surface area contributed by atoms with Crippen molar-refractivity contribution < 1.29 is 9.59 Å². The molecule has 0 aliphatic carbocycles. The van der Waals surface area contributed by atoms with E-state index in [0.717, 1.165) is 24.8 Å². The second-order valence-electron chi connectivity index (χ2n) is 7.16. The lowest BCUT2D eigenvalue weighted by Gasteiger charge is -2.22. The van der Waals surface area contributed by atoms with Crippen LogP contribution in [0.5, 0.6) is 0 Å². The summed E-state index contributed by atoms with van der Waals surface area (Å²) in [6.07, 6.45) is 2.77. The van der Waals surface area contributed by atoms with Crippen molar-refractivity contribution in [3.63, 3.8) is 0 Å². The summed E-state index contributed by atoms with van der Waals surface area (Å²) in [5.74, 6) is 0.670. The first kappa shape index (κ1) is 19.3. The zero-order valence-corrected chi connectivity index (χ0v) is 15.8. The van der Waals surface area contributed by atoms with E-state index in [2.05, 4.69) is 31.3 Å². The topological polar surface area (TPSA) is 52.7 Å². The first-order valence-electron chi connectivity index (χ1n) is 9.42. The zero-order valence-electron chi connectivity index (χ0n) is 15.8. The van der Waals surface area contributed by atoms with Crippen molar-refractivity contribution in [3.05, 3.63) is 35.4 Å².